The fraction of sp³-hybridized carbons (Fsp3) is 0.625. The molecule has 1 aromatic heterocycles. The van der Waals surface area contributed by atoms with E-state index in [0.29, 0.717) is 0 Å². The summed E-state index contributed by atoms with van der Waals surface area (Å²) in [5, 5.41) is 6.94. The molecule has 0 saturated heterocycles. The number of hydrogen-bond acceptors (Lipinski definition) is 1. The van der Waals surface area contributed by atoms with Crippen LogP contribution in [0.15, 0.2) is 10.7 Å². The predicted molar refractivity (Wildman–Crippen MR) is 49.5 cm³/mol. The molecule has 0 aliphatic heterocycles. The first kappa shape index (κ1) is 8.78. The number of halogens is 1. The highest BCUT2D eigenvalue weighted by Gasteiger charge is 2.00. The van der Waals surface area contributed by atoms with E-state index in [1.807, 2.05) is 6.20 Å². The molecule has 0 saturated carbocycles. The summed E-state index contributed by atoms with van der Waals surface area (Å²) in [6.45, 7) is 2.21. The molecule has 2 nitrogen and oxygen atoms in total. The molecule has 0 aromatic carbocycles. The van der Waals surface area contributed by atoms with E-state index in [2.05, 4.69) is 33.1 Å². The third-order valence-electron chi connectivity index (χ3n) is 1.68. The first-order chi connectivity index (χ1) is 5.34. The highest BCUT2D eigenvalue weighted by molar-refractivity contribution is 9.10. The van der Waals surface area contributed by atoms with E-state index in [0.717, 1.165) is 16.6 Å². The number of nitrogens with zero attached hydrogens (tertiary/aromatic N) is 1. The normalized spacial score (nSPS) is 10.4. The molecule has 1 rings (SSSR count). The van der Waals surface area contributed by atoms with Gasteiger partial charge in [0.1, 0.15) is 0 Å². The molecule has 3 heteroatoms. The van der Waals surface area contributed by atoms with Crippen molar-refractivity contribution in [2.24, 2.45) is 0 Å². The van der Waals surface area contributed by atoms with Gasteiger partial charge in [-0.1, -0.05) is 19.8 Å². The summed E-state index contributed by atoms with van der Waals surface area (Å²) in [5.74, 6) is 0. The molecule has 0 bridgehead atoms. The lowest BCUT2D eigenvalue weighted by Crippen LogP contribution is -1.86. The maximum atomic E-state index is 4.12. The number of unbranched alkanes of at least 4 members (excludes halogenated alkanes) is 2. The number of aromatic nitrogens is 2. The second-order valence-electron chi connectivity index (χ2n) is 2.64. The van der Waals surface area contributed by atoms with Crippen LogP contribution in [0.25, 0.3) is 0 Å². The highest BCUT2D eigenvalue weighted by Crippen LogP contribution is 2.15. The number of aromatic amines is 1. The zero-order valence-electron chi connectivity index (χ0n) is 6.73. The zero-order valence-corrected chi connectivity index (χ0v) is 8.32. The molecule has 1 aromatic rings. The van der Waals surface area contributed by atoms with Gasteiger partial charge in [0.2, 0.25) is 0 Å². The van der Waals surface area contributed by atoms with Crippen LogP contribution in [0.1, 0.15) is 31.9 Å². The first-order valence-electron chi connectivity index (χ1n) is 4.02. The minimum atomic E-state index is 1.08. The van der Waals surface area contributed by atoms with Crippen LogP contribution in [0.2, 0.25) is 0 Å². The van der Waals surface area contributed by atoms with E-state index in [-0.39, 0.29) is 0 Å². The molecule has 0 unspecified atom stereocenters. The monoisotopic (exact) mass is 216 g/mol. The van der Waals surface area contributed by atoms with Crippen molar-refractivity contribution >= 4 is 15.9 Å². The molecular weight excluding hydrogens is 204 g/mol. The van der Waals surface area contributed by atoms with E-state index >= 15 is 0 Å². The molecule has 0 aliphatic carbocycles. The Balaban J connectivity index is 2.32. The average molecular weight is 217 g/mol. The Morgan fingerprint density at radius 1 is 1.55 bits per heavy atom. The van der Waals surface area contributed by atoms with Crippen molar-refractivity contribution in [3.63, 3.8) is 0 Å². The number of H-pyrrole nitrogens is 1. The van der Waals surface area contributed by atoms with Crippen LogP contribution in [-0.4, -0.2) is 10.2 Å². The van der Waals surface area contributed by atoms with Crippen LogP contribution in [0, 0.1) is 0 Å². The third-order valence-corrected chi connectivity index (χ3v) is 2.37. The van der Waals surface area contributed by atoms with Crippen LogP contribution in [0.5, 0.6) is 0 Å². The van der Waals surface area contributed by atoms with Gasteiger partial charge < -0.3 is 0 Å². The third kappa shape index (κ3) is 2.66. The van der Waals surface area contributed by atoms with E-state index in [1.54, 1.807) is 0 Å². The number of nitrogens with one attached hydrogen (secondary N) is 1. The first-order valence-corrected chi connectivity index (χ1v) is 4.82. The minimum Gasteiger partial charge on any atom is -0.284 e. The van der Waals surface area contributed by atoms with Gasteiger partial charge in [0.25, 0.3) is 0 Å². The summed E-state index contributed by atoms with van der Waals surface area (Å²) in [7, 11) is 0. The van der Waals surface area contributed by atoms with Crippen molar-refractivity contribution in [3.8, 4) is 0 Å². The molecule has 0 amide bonds. The van der Waals surface area contributed by atoms with E-state index in [4.69, 9.17) is 0 Å². The second-order valence-corrected chi connectivity index (χ2v) is 3.49. The Hall–Kier alpha value is -0.310. The SMILES string of the molecule is CCCCCc1n[nH]cc1Br. The zero-order chi connectivity index (χ0) is 8.10. The van der Waals surface area contributed by atoms with Gasteiger partial charge in [-0.3, -0.25) is 5.10 Å². The molecule has 0 spiro atoms. The van der Waals surface area contributed by atoms with E-state index in [9.17, 15) is 0 Å². The summed E-state index contributed by atoms with van der Waals surface area (Å²) in [6, 6.07) is 0. The van der Waals surface area contributed by atoms with Crippen molar-refractivity contribution in [3.05, 3.63) is 16.4 Å². The van der Waals surface area contributed by atoms with Gasteiger partial charge >= 0.3 is 0 Å². The summed E-state index contributed by atoms with van der Waals surface area (Å²) in [4.78, 5) is 0. The summed E-state index contributed by atoms with van der Waals surface area (Å²) in [5.41, 5.74) is 1.15. The van der Waals surface area contributed by atoms with Crippen molar-refractivity contribution in [1.29, 1.82) is 0 Å². The van der Waals surface area contributed by atoms with Crippen molar-refractivity contribution < 1.29 is 0 Å². The summed E-state index contributed by atoms with van der Waals surface area (Å²) in [6.07, 6.45) is 6.75. The van der Waals surface area contributed by atoms with Crippen LogP contribution >= 0.6 is 15.9 Å². The largest absolute Gasteiger partial charge is 0.284 e. The highest BCUT2D eigenvalue weighted by atomic mass is 79.9. The van der Waals surface area contributed by atoms with E-state index in [1.165, 1.54) is 19.3 Å². The van der Waals surface area contributed by atoms with Crippen molar-refractivity contribution in [1.82, 2.24) is 10.2 Å². The molecule has 0 radical (unpaired) electrons. The average Bonchev–Trinajstić information content (AvgIpc) is 2.37. The molecular formula is C8H13BrN2. The quantitative estimate of drug-likeness (QED) is 0.771. The van der Waals surface area contributed by atoms with Crippen LogP contribution < -0.4 is 0 Å². The number of hydrogen-bond donors (Lipinski definition) is 1. The van der Waals surface area contributed by atoms with Crippen LogP contribution in [0.4, 0.5) is 0 Å². The maximum absolute atomic E-state index is 4.12. The topological polar surface area (TPSA) is 28.7 Å². The van der Waals surface area contributed by atoms with Gasteiger partial charge in [0.15, 0.2) is 0 Å². The van der Waals surface area contributed by atoms with Crippen LogP contribution in [0.3, 0.4) is 0 Å². The van der Waals surface area contributed by atoms with Gasteiger partial charge in [-0.2, -0.15) is 5.10 Å². The summed E-state index contributed by atoms with van der Waals surface area (Å²) < 4.78 is 1.11. The van der Waals surface area contributed by atoms with Crippen molar-refractivity contribution in [2.45, 2.75) is 32.6 Å². The molecule has 0 fully saturated rings. The second kappa shape index (κ2) is 4.54. The predicted octanol–water partition coefficient (Wildman–Crippen LogP) is 2.90. The number of rotatable bonds is 4. The Bertz CT molecular complexity index is 208. The lowest BCUT2D eigenvalue weighted by Gasteiger charge is -1.94. The van der Waals surface area contributed by atoms with Gasteiger partial charge in [-0.05, 0) is 28.8 Å². The molecule has 62 valence electrons. The Morgan fingerprint density at radius 3 is 2.91 bits per heavy atom. The maximum Gasteiger partial charge on any atom is 0.0764 e. The molecule has 1 heterocycles. The molecule has 0 atom stereocenters. The van der Waals surface area contributed by atoms with Gasteiger partial charge in [-0.25, -0.2) is 0 Å². The molecule has 0 aliphatic rings. The lowest BCUT2D eigenvalue weighted by molar-refractivity contribution is 0.704. The van der Waals surface area contributed by atoms with E-state index < -0.39 is 0 Å². The Morgan fingerprint density at radius 2 is 2.36 bits per heavy atom. The van der Waals surface area contributed by atoms with Crippen molar-refractivity contribution in [2.75, 3.05) is 0 Å². The molecule has 11 heavy (non-hydrogen) atoms. The Labute approximate surface area is 75.5 Å². The van der Waals surface area contributed by atoms with Gasteiger partial charge in [-0.15, -0.1) is 0 Å². The van der Waals surface area contributed by atoms with Gasteiger partial charge in [0, 0.05) is 6.20 Å². The van der Waals surface area contributed by atoms with Crippen LogP contribution in [-0.2, 0) is 6.42 Å². The fourth-order valence-corrected chi connectivity index (χ4v) is 1.41. The lowest BCUT2D eigenvalue weighted by atomic mass is 10.2. The fourth-order valence-electron chi connectivity index (χ4n) is 1.02. The summed E-state index contributed by atoms with van der Waals surface area (Å²) >= 11 is 3.42. The molecule has 1 N–H and O–H groups in total. The smallest absolute Gasteiger partial charge is 0.0764 e. The Kier molecular flexibility index (Phi) is 3.63. The minimum absolute atomic E-state index is 1.08. The standard InChI is InChI=1S/C8H13BrN2/c1-2-3-4-5-8-7(9)6-10-11-8/h6H,2-5H2,1H3,(H,10,11). The van der Waals surface area contributed by atoms with Gasteiger partial charge in [0.05, 0.1) is 10.2 Å². The number of aryl methyl sites for hydroxylation is 1.